The first-order valence-corrected chi connectivity index (χ1v) is 6.29. The van der Waals surface area contributed by atoms with E-state index < -0.39 is 5.54 Å². The Balaban J connectivity index is 2.14. The molecule has 2 atom stereocenters. The van der Waals surface area contributed by atoms with Crippen LogP contribution in [0.3, 0.4) is 0 Å². The van der Waals surface area contributed by atoms with Crippen LogP contribution in [0.5, 0.6) is 0 Å². The number of amides is 1. The predicted octanol–water partition coefficient (Wildman–Crippen LogP) is 1.91. The summed E-state index contributed by atoms with van der Waals surface area (Å²) in [5.74, 6) is -0.635. The van der Waals surface area contributed by atoms with Gasteiger partial charge in [-0.2, -0.15) is 0 Å². The lowest BCUT2D eigenvalue weighted by Crippen LogP contribution is -2.43. The quantitative estimate of drug-likeness (QED) is 0.857. The molecule has 2 unspecified atom stereocenters. The first kappa shape index (κ1) is 13.0. The average molecular weight is 250 g/mol. The molecule has 0 aromatic heterocycles. The van der Waals surface area contributed by atoms with Crippen molar-refractivity contribution in [2.75, 3.05) is 0 Å². The molecule has 1 fully saturated rings. The Morgan fingerprint density at radius 3 is 2.50 bits per heavy atom. The van der Waals surface area contributed by atoms with Crippen LogP contribution in [0.15, 0.2) is 24.3 Å². The highest BCUT2D eigenvalue weighted by Gasteiger charge is 2.47. The number of hydrogen-bond donors (Lipinski definition) is 2. The number of nitrogens with two attached hydrogens (primary N) is 1. The van der Waals surface area contributed by atoms with Crippen LogP contribution in [0.4, 0.5) is 4.39 Å². The molecule has 1 aromatic carbocycles. The number of hydrogen-bond acceptors (Lipinski definition) is 2. The van der Waals surface area contributed by atoms with Gasteiger partial charge in [0.25, 0.3) is 0 Å². The van der Waals surface area contributed by atoms with Crippen LogP contribution < -0.4 is 11.1 Å². The van der Waals surface area contributed by atoms with Crippen molar-refractivity contribution >= 4 is 5.91 Å². The van der Waals surface area contributed by atoms with E-state index in [1.807, 2.05) is 0 Å². The summed E-state index contributed by atoms with van der Waals surface area (Å²) in [6, 6.07) is 6.40. The summed E-state index contributed by atoms with van der Waals surface area (Å²) in [4.78, 5) is 12.0. The Hall–Kier alpha value is -1.42. The Morgan fingerprint density at radius 2 is 2.00 bits per heavy atom. The van der Waals surface area contributed by atoms with Gasteiger partial charge in [0.1, 0.15) is 5.82 Å². The summed E-state index contributed by atoms with van der Waals surface area (Å²) < 4.78 is 13.8. The Labute approximate surface area is 107 Å². The van der Waals surface area contributed by atoms with Crippen molar-refractivity contribution in [1.29, 1.82) is 0 Å². The van der Waals surface area contributed by atoms with Crippen LogP contribution in [0.25, 0.3) is 0 Å². The summed E-state index contributed by atoms with van der Waals surface area (Å²) in [7, 11) is 0. The Kier molecular flexibility index (Phi) is 3.39. The zero-order chi connectivity index (χ0) is 13.3. The first-order chi connectivity index (χ1) is 8.46. The van der Waals surface area contributed by atoms with Gasteiger partial charge >= 0.3 is 0 Å². The van der Waals surface area contributed by atoms with E-state index in [0.717, 1.165) is 12.8 Å². The molecule has 0 aliphatic heterocycles. The standard InChI is InChI=1S/C14H19FN2O/c1-9(10(2)16)13(18)17-14(7-8-14)11-5-3-4-6-12(11)15/h3-6,9-10H,7-8,16H2,1-2H3,(H,17,18). The van der Waals surface area contributed by atoms with Crippen molar-refractivity contribution in [1.82, 2.24) is 5.32 Å². The minimum absolute atomic E-state index is 0.106. The highest BCUT2D eigenvalue weighted by molar-refractivity contribution is 5.80. The van der Waals surface area contributed by atoms with E-state index in [-0.39, 0.29) is 23.7 Å². The van der Waals surface area contributed by atoms with Gasteiger partial charge in [-0.05, 0) is 25.8 Å². The van der Waals surface area contributed by atoms with Crippen molar-refractivity contribution in [2.24, 2.45) is 11.7 Å². The molecule has 1 saturated carbocycles. The maximum atomic E-state index is 13.8. The van der Waals surface area contributed by atoms with Gasteiger partial charge in [0.05, 0.1) is 5.54 Å². The summed E-state index contributed by atoms with van der Waals surface area (Å²) in [5.41, 5.74) is 5.78. The van der Waals surface area contributed by atoms with Gasteiger partial charge in [-0.25, -0.2) is 4.39 Å². The second-order valence-corrected chi connectivity index (χ2v) is 5.20. The summed E-state index contributed by atoms with van der Waals surface area (Å²) in [6.07, 6.45) is 1.57. The summed E-state index contributed by atoms with van der Waals surface area (Å²) in [6.45, 7) is 3.59. The van der Waals surface area contributed by atoms with Crippen molar-refractivity contribution in [2.45, 2.75) is 38.3 Å². The zero-order valence-corrected chi connectivity index (χ0v) is 10.7. The van der Waals surface area contributed by atoms with E-state index >= 15 is 0 Å². The van der Waals surface area contributed by atoms with Crippen LogP contribution in [-0.2, 0) is 10.3 Å². The molecule has 1 aromatic rings. The maximum absolute atomic E-state index is 13.8. The molecule has 18 heavy (non-hydrogen) atoms. The third-order valence-corrected chi connectivity index (χ3v) is 3.70. The molecule has 3 nitrogen and oxygen atoms in total. The van der Waals surface area contributed by atoms with Gasteiger partial charge in [-0.15, -0.1) is 0 Å². The van der Waals surface area contributed by atoms with Crippen molar-refractivity contribution in [3.8, 4) is 0 Å². The third-order valence-electron chi connectivity index (χ3n) is 3.70. The van der Waals surface area contributed by atoms with Gasteiger partial charge in [0.15, 0.2) is 0 Å². The topological polar surface area (TPSA) is 55.1 Å². The molecule has 0 saturated heterocycles. The minimum atomic E-state index is -0.508. The number of rotatable bonds is 4. The third kappa shape index (κ3) is 2.38. The first-order valence-electron chi connectivity index (χ1n) is 6.29. The lowest BCUT2D eigenvalue weighted by molar-refractivity contribution is -0.126. The van der Waals surface area contributed by atoms with Crippen LogP contribution in [0.1, 0.15) is 32.3 Å². The minimum Gasteiger partial charge on any atom is -0.346 e. The molecule has 0 radical (unpaired) electrons. The monoisotopic (exact) mass is 250 g/mol. The molecule has 0 bridgehead atoms. The van der Waals surface area contributed by atoms with Gasteiger partial charge in [0, 0.05) is 17.5 Å². The van der Waals surface area contributed by atoms with E-state index in [0.29, 0.717) is 5.56 Å². The highest BCUT2D eigenvalue weighted by Crippen LogP contribution is 2.46. The second-order valence-electron chi connectivity index (χ2n) is 5.20. The Bertz CT molecular complexity index is 455. The maximum Gasteiger partial charge on any atom is 0.225 e. The fourth-order valence-corrected chi connectivity index (χ4v) is 2.02. The molecule has 4 heteroatoms. The smallest absolute Gasteiger partial charge is 0.225 e. The summed E-state index contributed by atoms with van der Waals surface area (Å²) in [5, 5.41) is 2.95. The molecular formula is C14H19FN2O. The van der Waals surface area contributed by atoms with Crippen LogP contribution in [-0.4, -0.2) is 11.9 Å². The average Bonchev–Trinajstić information content (AvgIpc) is 3.09. The fraction of sp³-hybridized carbons (Fsp3) is 0.500. The number of halogens is 1. The largest absolute Gasteiger partial charge is 0.346 e. The Morgan fingerprint density at radius 1 is 1.39 bits per heavy atom. The lowest BCUT2D eigenvalue weighted by atomic mass is 10.00. The molecule has 1 aliphatic rings. The molecule has 0 spiro atoms. The van der Waals surface area contributed by atoms with Crippen molar-refractivity contribution in [3.63, 3.8) is 0 Å². The van der Waals surface area contributed by atoms with Gasteiger partial charge < -0.3 is 11.1 Å². The SMILES string of the molecule is CC(N)C(C)C(=O)NC1(c2ccccc2F)CC1. The molecule has 1 amide bonds. The number of nitrogens with one attached hydrogen (secondary N) is 1. The van der Waals surface area contributed by atoms with E-state index in [1.54, 1.807) is 32.0 Å². The number of carbonyl (C=O) groups is 1. The van der Waals surface area contributed by atoms with Gasteiger partial charge in [0.2, 0.25) is 5.91 Å². The molecule has 2 rings (SSSR count). The van der Waals surface area contributed by atoms with Crippen molar-refractivity contribution < 1.29 is 9.18 Å². The predicted molar refractivity (Wildman–Crippen MR) is 68.3 cm³/mol. The van der Waals surface area contributed by atoms with E-state index in [1.165, 1.54) is 6.07 Å². The fourth-order valence-electron chi connectivity index (χ4n) is 2.02. The van der Waals surface area contributed by atoms with Crippen LogP contribution in [0, 0.1) is 11.7 Å². The normalized spacial score (nSPS) is 20.0. The second kappa shape index (κ2) is 4.69. The van der Waals surface area contributed by atoms with Crippen LogP contribution >= 0.6 is 0 Å². The molecule has 3 N–H and O–H groups in total. The van der Waals surface area contributed by atoms with Crippen molar-refractivity contribution in [3.05, 3.63) is 35.6 Å². The highest BCUT2D eigenvalue weighted by atomic mass is 19.1. The summed E-state index contributed by atoms with van der Waals surface area (Å²) >= 11 is 0. The van der Waals surface area contributed by atoms with E-state index in [9.17, 15) is 9.18 Å². The van der Waals surface area contributed by atoms with Crippen LogP contribution in [0.2, 0.25) is 0 Å². The number of carbonyl (C=O) groups excluding carboxylic acids is 1. The molecular weight excluding hydrogens is 231 g/mol. The lowest BCUT2D eigenvalue weighted by Gasteiger charge is -2.22. The van der Waals surface area contributed by atoms with Gasteiger partial charge in [-0.3, -0.25) is 4.79 Å². The number of benzene rings is 1. The zero-order valence-electron chi connectivity index (χ0n) is 10.7. The molecule has 0 heterocycles. The molecule has 98 valence electrons. The van der Waals surface area contributed by atoms with Gasteiger partial charge in [-0.1, -0.05) is 25.1 Å². The van der Waals surface area contributed by atoms with E-state index in [2.05, 4.69) is 5.32 Å². The molecule has 1 aliphatic carbocycles. The van der Waals surface area contributed by atoms with E-state index in [4.69, 9.17) is 5.73 Å².